The number of benzene rings is 2. The molecule has 0 aliphatic heterocycles. The Balaban J connectivity index is 2.04. The summed E-state index contributed by atoms with van der Waals surface area (Å²) in [6, 6.07) is 14.3. The monoisotopic (exact) mass is 430 g/mol. The van der Waals surface area contributed by atoms with Crippen LogP contribution in [0.5, 0.6) is 0 Å². The largest absolute Gasteiger partial charge is 0.325 e. The van der Waals surface area contributed by atoms with Crippen molar-refractivity contribution in [2.75, 3.05) is 5.32 Å². The molecule has 1 amide bonds. The summed E-state index contributed by atoms with van der Waals surface area (Å²) in [6.07, 6.45) is 0. The second kappa shape index (κ2) is 7.21. The van der Waals surface area contributed by atoms with E-state index in [4.69, 9.17) is 0 Å². The Hall–Kier alpha value is -1.45. The van der Waals surface area contributed by atoms with E-state index >= 15 is 0 Å². The van der Waals surface area contributed by atoms with Crippen LogP contribution in [0.3, 0.4) is 0 Å². The summed E-state index contributed by atoms with van der Waals surface area (Å²) in [5.74, 6) is -0.416. The fourth-order valence-electron chi connectivity index (χ4n) is 1.74. The summed E-state index contributed by atoms with van der Waals surface area (Å²) in [6.45, 7) is 1.50. The van der Waals surface area contributed by atoms with Gasteiger partial charge in [-0.2, -0.15) is 4.72 Å². The van der Waals surface area contributed by atoms with E-state index in [1.54, 1.807) is 30.3 Å². The van der Waals surface area contributed by atoms with Crippen LogP contribution in [0.4, 0.5) is 5.69 Å². The van der Waals surface area contributed by atoms with E-state index < -0.39 is 22.0 Å². The molecular weight excluding hydrogens is 415 g/mol. The zero-order valence-corrected chi connectivity index (χ0v) is 14.8. The van der Waals surface area contributed by atoms with Gasteiger partial charge in [0.25, 0.3) is 0 Å². The van der Waals surface area contributed by atoms with Crippen molar-refractivity contribution in [3.63, 3.8) is 0 Å². The van der Waals surface area contributed by atoms with Gasteiger partial charge >= 0.3 is 0 Å². The molecule has 0 radical (unpaired) electrons. The Morgan fingerprint density at radius 3 is 2.23 bits per heavy atom. The smallest absolute Gasteiger partial charge is 0.242 e. The second-order valence-electron chi connectivity index (χ2n) is 4.65. The van der Waals surface area contributed by atoms with Gasteiger partial charge in [0.1, 0.15) is 0 Å². The normalized spacial score (nSPS) is 12.6. The molecule has 0 saturated heterocycles. The van der Waals surface area contributed by atoms with E-state index in [1.807, 2.05) is 12.1 Å². The zero-order chi connectivity index (χ0) is 16.2. The summed E-state index contributed by atoms with van der Waals surface area (Å²) in [5, 5.41) is 2.67. The van der Waals surface area contributed by atoms with Gasteiger partial charge in [-0.1, -0.05) is 18.2 Å². The van der Waals surface area contributed by atoms with Gasteiger partial charge < -0.3 is 5.32 Å². The van der Waals surface area contributed by atoms with Crippen molar-refractivity contribution in [3.05, 3.63) is 58.2 Å². The summed E-state index contributed by atoms with van der Waals surface area (Å²) in [5.41, 5.74) is 0.621. The summed E-state index contributed by atoms with van der Waals surface area (Å²) >= 11 is 2.16. The predicted octanol–water partition coefficient (Wildman–Crippen LogP) is 2.60. The van der Waals surface area contributed by atoms with E-state index in [0.717, 1.165) is 3.57 Å². The Morgan fingerprint density at radius 1 is 1.05 bits per heavy atom. The fraction of sp³-hybridized carbons (Fsp3) is 0.133. The molecule has 0 saturated carbocycles. The molecule has 0 spiro atoms. The average molecular weight is 430 g/mol. The van der Waals surface area contributed by atoms with Gasteiger partial charge in [-0.3, -0.25) is 4.79 Å². The third-order valence-corrected chi connectivity index (χ3v) is 5.17. The Bertz CT molecular complexity index is 746. The third-order valence-electron chi connectivity index (χ3n) is 2.89. The molecule has 0 fully saturated rings. The molecular formula is C15H15IN2O3S. The maximum atomic E-state index is 12.2. The molecule has 116 valence electrons. The van der Waals surface area contributed by atoms with Gasteiger partial charge in [-0.05, 0) is 65.9 Å². The van der Waals surface area contributed by atoms with Crippen LogP contribution < -0.4 is 10.0 Å². The van der Waals surface area contributed by atoms with Gasteiger partial charge in [-0.15, -0.1) is 0 Å². The quantitative estimate of drug-likeness (QED) is 0.717. The van der Waals surface area contributed by atoms with Crippen LogP contribution in [0.2, 0.25) is 0 Å². The van der Waals surface area contributed by atoms with E-state index in [9.17, 15) is 13.2 Å². The number of carbonyl (C=O) groups is 1. The molecule has 0 aliphatic carbocycles. The number of hydrogen-bond acceptors (Lipinski definition) is 3. The first-order valence-electron chi connectivity index (χ1n) is 6.52. The highest BCUT2D eigenvalue weighted by atomic mass is 127. The summed E-state index contributed by atoms with van der Waals surface area (Å²) < 4.78 is 27.7. The molecule has 5 nitrogen and oxygen atoms in total. The lowest BCUT2D eigenvalue weighted by atomic mass is 10.3. The minimum absolute atomic E-state index is 0.129. The molecule has 0 unspecified atom stereocenters. The van der Waals surface area contributed by atoms with E-state index in [1.165, 1.54) is 19.1 Å². The van der Waals surface area contributed by atoms with Crippen LogP contribution in [0.15, 0.2) is 59.5 Å². The van der Waals surface area contributed by atoms with E-state index in [0.29, 0.717) is 5.69 Å². The first-order valence-corrected chi connectivity index (χ1v) is 9.08. The Labute approximate surface area is 143 Å². The summed E-state index contributed by atoms with van der Waals surface area (Å²) in [7, 11) is -3.72. The van der Waals surface area contributed by atoms with Crippen LogP contribution in [0.1, 0.15) is 6.92 Å². The fourth-order valence-corrected chi connectivity index (χ4v) is 3.32. The number of rotatable bonds is 5. The van der Waals surface area contributed by atoms with Crippen molar-refractivity contribution < 1.29 is 13.2 Å². The SMILES string of the molecule is C[C@H](NS(=O)(=O)c1ccccc1)C(=O)Nc1ccc(I)cc1. The van der Waals surface area contributed by atoms with Crippen LogP contribution in [0, 0.1) is 3.57 Å². The first-order chi connectivity index (χ1) is 10.4. The number of amides is 1. The molecule has 2 rings (SSSR count). The van der Waals surface area contributed by atoms with Gasteiger partial charge in [-0.25, -0.2) is 8.42 Å². The second-order valence-corrected chi connectivity index (χ2v) is 7.61. The molecule has 2 aromatic carbocycles. The lowest BCUT2D eigenvalue weighted by Crippen LogP contribution is -2.41. The standard InChI is InChI=1S/C15H15IN2O3S/c1-11(15(19)17-13-9-7-12(16)8-10-13)18-22(20,21)14-5-3-2-4-6-14/h2-11,18H,1H3,(H,17,19)/t11-/m0/s1. The predicted molar refractivity (Wildman–Crippen MR) is 94.0 cm³/mol. The third kappa shape index (κ3) is 4.52. The number of sulfonamides is 1. The maximum absolute atomic E-state index is 12.2. The van der Waals surface area contributed by atoms with Crippen molar-refractivity contribution in [1.29, 1.82) is 0 Å². The van der Waals surface area contributed by atoms with Gasteiger partial charge in [0, 0.05) is 9.26 Å². The molecule has 0 heterocycles. The first kappa shape index (κ1) is 16.9. The minimum atomic E-state index is -3.72. The molecule has 22 heavy (non-hydrogen) atoms. The topological polar surface area (TPSA) is 75.3 Å². The molecule has 1 atom stereocenters. The van der Waals surface area contributed by atoms with Crippen LogP contribution in [-0.4, -0.2) is 20.4 Å². The van der Waals surface area contributed by atoms with Crippen molar-refractivity contribution in [2.45, 2.75) is 17.9 Å². The lowest BCUT2D eigenvalue weighted by Gasteiger charge is -2.14. The highest BCUT2D eigenvalue weighted by Gasteiger charge is 2.21. The van der Waals surface area contributed by atoms with Gasteiger partial charge in [0.15, 0.2) is 0 Å². The van der Waals surface area contributed by atoms with Gasteiger partial charge in [0.05, 0.1) is 10.9 Å². The van der Waals surface area contributed by atoms with E-state index in [-0.39, 0.29) is 4.90 Å². The molecule has 0 bridgehead atoms. The number of hydrogen-bond donors (Lipinski definition) is 2. The molecule has 7 heteroatoms. The van der Waals surface area contributed by atoms with E-state index in [2.05, 4.69) is 32.6 Å². The molecule has 2 aromatic rings. The van der Waals surface area contributed by atoms with Gasteiger partial charge in [0.2, 0.25) is 15.9 Å². The number of halogens is 1. The minimum Gasteiger partial charge on any atom is -0.325 e. The highest BCUT2D eigenvalue weighted by molar-refractivity contribution is 14.1. The zero-order valence-electron chi connectivity index (χ0n) is 11.8. The Morgan fingerprint density at radius 2 is 1.64 bits per heavy atom. The number of anilines is 1. The van der Waals surface area contributed by atoms with Crippen LogP contribution in [0.25, 0.3) is 0 Å². The Kier molecular flexibility index (Phi) is 5.54. The molecule has 0 aliphatic rings. The van der Waals surface area contributed by atoms with Crippen molar-refractivity contribution in [2.24, 2.45) is 0 Å². The maximum Gasteiger partial charge on any atom is 0.242 e. The van der Waals surface area contributed by atoms with Crippen LogP contribution >= 0.6 is 22.6 Å². The lowest BCUT2D eigenvalue weighted by molar-refractivity contribution is -0.117. The van der Waals surface area contributed by atoms with Crippen LogP contribution in [-0.2, 0) is 14.8 Å². The average Bonchev–Trinajstić information content (AvgIpc) is 2.50. The highest BCUT2D eigenvalue weighted by Crippen LogP contribution is 2.12. The molecule has 2 N–H and O–H groups in total. The van der Waals surface area contributed by atoms with Crippen molar-refractivity contribution in [1.82, 2.24) is 4.72 Å². The number of carbonyl (C=O) groups excluding carboxylic acids is 1. The van der Waals surface area contributed by atoms with Crippen molar-refractivity contribution >= 4 is 44.2 Å². The summed E-state index contributed by atoms with van der Waals surface area (Å²) in [4.78, 5) is 12.2. The number of nitrogens with one attached hydrogen (secondary N) is 2. The molecule has 0 aromatic heterocycles. The van der Waals surface area contributed by atoms with Crippen molar-refractivity contribution in [3.8, 4) is 0 Å².